The first-order chi connectivity index (χ1) is 42.7. The van der Waals surface area contributed by atoms with Crippen LogP contribution in [0, 0.1) is 0 Å². The maximum absolute atomic E-state index is 13.5. The third-order valence-corrected chi connectivity index (χ3v) is 16.2. The van der Waals surface area contributed by atoms with Crippen molar-refractivity contribution in [1.29, 1.82) is 0 Å². The zero-order valence-corrected chi connectivity index (χ0v) is 55.6. The highest BCUT2D eigenvalue weighted by atomic mass is 16.7. The number of esters is 1. The van der Waals surface area contributed by atoms with Gasteiger partial charge in [-0.1, -0.05) is 291 Å². The van der Waals surface area contributed by atoms with Gasteiger partial charge < -0.3 is 45.1 Å². The quantitative estimate of drug-likeness (QED) is 0.0195. The lowest BCUT2D eigenvalue weighted by atomic mass is 9.99. The van der Waals surface area contributed by atoms with E-state index in [1.54, 1.807) is 6.08 Å². The zero-order chi connectivity index (χ0) is 63.1. The number of carbonyl (C=O) groups is 2. The second-order valence-electron chi connectivity index (χ2n) is 24.2. The van der Waals surface area contributed by atoms with Crippen LogP contribution in [-0.2, 0) is 23.8 Å². The van der Waals surface area contributed by atoms with Gasteiger partial charge in [0.1, 0.15) is 24.4 Å². The van der Waals surface area contributed by atoms with Crippen molar-refractivity contribution in [1.82, 2.24) is 5.32 Å². The Kier molecular flexibility index (Phi) is 58.4. The van der Waals surface area contributed by atoms with E-state index in [-0.39, 0.29) is 19.4 Å². The van der Waals surface area contributed by atoms with Gasteiger partial charge in [-0.3, -0.25) is 9.59 Å². The van der Waals surface area contributed by atoms with E-state index >= 15 is 0 Å². The Hall–Kier alpha value is -3.68. The number of hydrogen-bond donors (Lipinski definition) is 6. The van der Waals surface area contributed by atoms with Crippen LogP contribution in [0.2, 0.25) is 0 Å². The van der Waals surface area contributed by atoms with Crippen LogP contribution >= 0.6 is 0 Å². The van der Waals surface area contributed by atoms with Crippen molar-refractivity contribution in [3.63, 3.8) is 0 Å². The first-order valence-corrected chi connectivity index (χ1v) is 35.7. The Balaban J connectivity index is 2.61. The minimum atomic E-state index is -1.63. The number of carbonyl (C=O) groups excluding carboxylic acids is 2. The molecule has 8 unspecified atom stereocenters. The first kappa shape index (κ1) is 81.3. The molecule has 500 valence electrons. The summed E-state index contributed by atoms with van der Waals surface area (Å²) in [5, 5.41) is 57.3. The van der Waals surface area contributed by atoms with E-state index in [0.29, 0.717) is 12.8 Å². The molecule has 0 saturated carbocycles. The van der Waals surface area contributed by atoms with Crippen molar-refractivity contribution in [2.24, 2.45) is 0 Å². The third kappa shape index (κ3) is 49.7. The molecule has 87 heavy (non-hydrogen) atoms. The highest BCUT2D eigenvalue weighted by Crippen LogP contribution is 2.26. The molecule has 0 spiro atoms. The lowest BCUT2D eigenvalue weighted by Gasteiger charge is -2.41. The lowest BCUT2D eigenvalue weighted by molar-refractivity contribution is -0.305. The highest BCUT2D eigenvalue weighted by molar-refractivity contribution is 5.80. The van der Waals surface area contributed by atoms with Crippen molar-refractivity contribution >= 4 is 11.9 Å². The fourth-order valence-corrected chi connectivity index (χ4v) is 10.6. The summed E-state index contributed by atoms with van der Waals surface area (Å²) in [4.78, 5) is 26.7. The lowest BCUT2D eigenvalue weighted by Crippen LogP contribution is -2.61. The van der Waals surface area contributed by atoms with E-state index in [1.807, 2.05) is 6.08 Å². The summed E-state index contributed by atoms with van der Waals surface area (Å²) >= 11 is 0. The number of amides is 1. The van der Waals surface area contributed by atoms with Crippen LogP contribution in [0.3, 0.4) is 0 Å². The van der Waals surface area contributed by atoms with E-state index < -0.39 is 67.4 Å². The average Bonchev–Trinajstić information content (AvgIpc) is 2.32. The zero-order valence-electron chi connectivity index (χ0n) is 55.6. The van der Waals surface area contributed by atoms with E-state index in [0.717, 1.165) is 122 Å². The Bertz CT molecular complexity index is 1830. The molecule has 11 nitrogen and oxygen atoms in total. The molecule has 1 amide bonds. The fraction of sp³-hybridized carbons (Fsp3) is 0.737. The van der Waals surface area contributed by atoms with Crippen molar-refractivity contribution in [3.05, 3.63) is 109 Å². The van der Waals surface area contributed by atoms with Crippen molar-refractivity contribution in [2.75, 3.05) is 13.2 Å². The Morgan fingerprint density at radius 3 is 1.26 bits per heavy atom. The van der Waals surface area contributed by atoms with Gasteiger partial charge in [-0.05, 0) is 109 Å². The van der Waals surface area contributed by atoms with E-state index in [2.05, 4.69) is 123 Å². The summed E-state index contributed by atoms with van der Waals surface area (Å²) in [5.41, 5.74) is 0. The Morgan fingerprint density at radius 1 is 0.460 bits per heavy atom. The van der Waals surface area contributed by atoms with Gasteiger partial charge >= 0.3 is 5.97 Å². The van der Waals surface area contributed by atoms with Gasteiger partial charge in [0.15, 0.2) is 12.4 Å². The van der Waals surface area contributed by atoms with Gasteiger partial charge in [0.2, 0.25) is 5.91 Å². The summed E-state index contributed by atoms with van der Waals surface area (Å²) < 4.78 is 17.7. The van der Waals surface area contributed by atoms with E-state index in [1.165, 1.54) is 128 Å². The molecule has 0 bridgehead atoms. The van der Waals surface area contributed by atoms with Gasteiger partial charge in [0, 0.05) is 6.42 Å². The molecule has 1 aliphatic heterocycles. The van der Waals surface area contributed by atoms with Gasteiger partial charge in [0.25, 0.3) is 0 Å². The SMILES string of the molecule is CC/C=C\C/C=C\C/C=C\C/C=C\C/C=C\CCCCCCCC(=O)OC1C(OCC(NC(=O)C(O)CCCCCCCCCCCCC/C=C\C/C=C\C/C=C\CCCCC)C(O)/C=C/CCCCCCCCCCCCC)OC(CO)C(O)C1O. The molecule has 8 atom stereocenters. The molecule has 0 aromatic rings. The van der Waals surface area contributed by atoms with Gasteiger partial charge in [-0.25, -0.2) is 0 Å². The topological polar surface area (TPSA) is 175 Å². The van der Waals surface area contributed by atoms with E-state index in [4.69, 9.17) is 14.2 Å². The second-order valence-corrected chi connectivity index (χ2v) is 24.2. The van der Waals surface area contributed by atoms with Gasteiger partial charge in [-0.15, -0.1) is 0 Å². The standard InChI is InChI=1S/C76H131NO10/c1-4-7-10-13-16-19-22-25-27-29-31-33-34-35-37-38-40-42-45-48-51-54-57-60-63-69(80)75(84)77-67(68(79)62-59-56-53-50-47-44-24-21-18-15-12-9-6-3)66-85-76-74(73(83)72(82)70(65-78)86-76)87-71(81)64-61-58-55-52-49-46-43-41-39-36-32-30-28-26-23-20-17-14-11-8-5-2/h8,11,16-17,19-20,25-28,31-33,36,41,43,59,62,67-70,72-74,76,78-80,82-83H,4-7,9-10,12-15,18,21-24,29-30,34-35,37-40,42,44-58,60-61,63-66H2,1-3H3,(H,77,84)/b11-8-,19-16-,20-17-,27-25-,28-26-,33-31-,36-32-,43-41-,62-59+. The molecule has 1 rings (SSSR count). The third-order valence-electron chi connectivity index (χ3n) is 16.2. The minimum Gasteiger partial charge on any atom is -0.454 e. The summed E-state index contributed by atoms with van der Waals surface area (Å²) in [5.74, 6) is -1.22. The number of aliphatic hydroxyl groups excluding tert-OH is 5. The molecular weight excluding hydrogens is 1090 g/mol. The molecular formula is C76H131NO10. The number of aliphatic hydroxyl groups is 5. The van der Waals surface area contributed by atoms with Crippen LogP contribution in [0.15, 0.2) is 109 Å². The molecule has 11 heteroatoms. The van der Waals surface area contributed by atoms with Crippen molar-refractivity contribution in [3.8, 4) is 0 Å². The molecule has 6 N–H and O–H groups in total. The summed E-state index contributed by atoms with van der Waals surface area (Å²) in [6.45, 7) is 5.66. The number of unbranched alkanes of at least 4 members (excludes halogenated alkanes) is 30. The van der Waals surface area contributed by atoms with Crippen molar-refractivity contribution < 1.29 is 49.3 Å². The molecule has 1 saturated heterocycles. The predicted molar refractivity (Wildman–Crippen MR) is 365 cm³/mol. The number of ether oxygens (including phenoxy) is 3. The first-order valence-electron chi connectivity index (χ1n) is 35.7. The monoisotopic (exact) mass is 1220 g/mol. The second kappa shape index (κ2) is 62.5. The molecule has 0 aromatic heterocycles. The maximum atomic E-state index is 13.5. The number of allylic oxidation sites excluding steroid dienone is 17. The molecule has 1 heterocycles. The Morgan fingerprint density at radius 2 is 0.828 bits per heavy atom. The van der Waals surface area contributed by atoms with Crippen LogP contribution in [0.5, 0.6) is 0 Å². The van der Waals surface area contributed by atoms with Crippen LogP contribution in [0.1, 0.15) is 297 Å². The fourth-order valence-electron chi connectivity index (χ4n) is 10.6. The number of nitrogens with one attached hydrogen (secondary N) is 1. The summed E-state index contributed by atoms with van der Waals surface area (Å²) in [6.07, 6.45) is 75.4. The van der Waals surface area contributed by atoms with E-state index in [9.17, 15) is 35.1 Å². The minimum absolute atomic E-state index is 0.0965. The summed E-state index contributed by atoms with van der Waals surface area (Å²) in [7, 11) is 0. The molecule has 0 radical (unpaired) electrons. The van der Waals surface area contributed by atoms with Crippen LogP contribution in [0.25, 0.3) is 0 Å². The van der Waals surface area contributed by atoms with Gasteiger partial charge in [0.05, 0.1) is 25.4 Å². The molecule has 1 aliphatic rings. The largest absolute Gasteiger partial charge is 0.454 e. The number of hydrogen-bond acceptors (Lipinski definition) is 10. The maximum Gasteiger partial charge on any atom is 0.306 e. The smallest absolute Gasteiger partial charge is 0.306 e. The van der Waals surface area contributed by atoms with Gasteiger partial charge in [-0.2, -0.15) is 0 Å². The predicted octanol–water partition coefficient (Wildman–Crippen LogP) is 18.4. The normalized spacial score (nSPS) is 18.9. The number of rotatable bonds is 60. The van der Waals surface area contributed by atoms with Crippen LogP contribution < -0.4 is 5.32 Å². The molecule has 0 aromatic carbocycles. The summed E-state index contributed by atoms with van der Waals surface area (Å²) in [6, 6.07) is -1.04. The average molecular weight is 1220 g/mol. The molecule has 0 aliphatic carbocycles. The van der Waals surface area contributed by atoms with Crippen LogP contribution in [-0.4, -0.2) is 99.6 Å². The highest BCUT2D eigenvalue weighted by Gasteiger charge is 2.47. The van der Waals surface area contributed by atoms with Crippen molar-refractivity contribution in [2.45, 2.75) is 346 Å². The Labute approximate surface area is 532 Å². The molecule has 1 fully saturated rings. The van der Waals surface area contributed by atoms with Crippen LogP contribution in [0.4, 0.5) is 0 Å².